The lowest BCUT2D eigenvalue weighted by molar-refractivity contribution is 0.102. The van der Waals surface area contributed by atoms with Crippen molar-refractivity contribution in [3.05, 3.63) is 59.2 Å². The molecular weight excluding hydrogens is 310 g/mol. The molecule has 0 fully saturated rings. The molecule has 0 spiro atoms. The summed E-state index contributed by atoms with van der Waals surface area (Å²) in [6, 6.07) is 12.2. The summed E-state index contributed by atoms with van der Waals surface area (Å²) >= 11 is 0. The highest BCUT2D eigenvalue weighted by molar-refractivity contribution is 7.90. The van der Waals surface area contributed by atoms with E-state index in [9.17, 15) is 13.2 Å². The Labute approximate surface area is 137 Å². The van der Waals surface area contributed by atoms with E-state index in [1.807, 2.05) is 24.3 Å². The summed E-state index contributed by atoms with van der Waals surface area (Å²) in [5.74, 6) is 0.0519. The minimum absolute atomic E-state index is 0.143. The summed E-state index contributed by atoms with van der Waals surface area (Å²) in [6.45, 7) is 5.95. The van der Waals surface area contributed by atoms with Crippen molar-refractivity contribution in [3.63, 3.8) is 0 Å². The Morgan fingerprint density at radius 2 is 1.78 bits per heavy atom. The molecule has 0 radical (unpaired) electrons. The highest BCUT2D eigenvalue weighted by Crippen LogP contribution is 2.21. The Hall–Kier alpha value is -2.14. The third-order valence-corrected chi connectivity index (χ3v) is 4.80. The molecule has 0 bridgehead atoms. The summed E-state index contributed by atoms with van der Waals surface area (Å²) in [7, 11) is -3.35. The molecule has 2 rings (SSSR count). The van der Waals surface area contributed by atoms with Crippen LogP contribution in [0.3, 0.4) is 0 Å². The largest absolute Gasteiger partial charge is 0.322 e. The van der Waals surface area contributed by atoms with Gasteiger partial charge in [-0.2, -0.15) is 0 Å². The normalized spacial score (nSPS) is 11.5. The number of nitrogens with one attached hydrogen (secondary N) is 1. The molecule has 4 nitrogen and oxygen atoms in total. The number of hydrogen-bond donors (Lipinski definition) is 1. The van der Waals surface area contributed by atoms with Gasteiger partial charge < -0.3 is 5.32 Å². The first-order valence-electron chi connectivity index (χ1n) is 7.40. The zero-order valence-electron chi connectivity index (χ0n) is 13.8. The molecule has 0 saturated carbocycles. The topological polar surface area (TPSA) is 63.2 Å². The van der Waals surface area contributed by atoms with Gasteiger partial charge in [-0.1, -0.05) is 32.0 Å². The van der Waals surface area contributed by atoms with E-state index in [4.69, 9.17) is 0 Å². The van der Waals surface area contributed by atoms with Crippen LogP contribution >= 0.6 is 0 Å². The fourth-order valence-electron chi connectivity index (χ4n) is 2.25. The predicted octanol–water partition coefficient (Wildman–Crippen LogP) is 3.77. The molecule has 2 aromatic rings. The Balaban J connectivity index is 2.33. The van der Waals surface area contributed by atoms with E-state index in [0.29, 0.717) is 17.2 Å². The van der Waals surface area contributed by atoms with Gasteiger partial charge in [-0.3, -0.25) is 4.79 Å². The van der Waals surface area contributed by atoms with E-state index in [-0.39, 0.29) is 10.8 Å². The maximum atomic E-state index is 12.5. The van der Waals surface area contributed by atoms with Crippen LogP contribution in [0.25, 0.3) is 0 Å². The van der Waals surface area contributed by atoms with Gasteiger partial charge in [-0.05, 0) is 48.2 Å². The zero-order chi connectivity index (χ0) is 17.2. The van der Waals surface area contributed by atoms with Gasteiger partial charge in [0.25, 0.3) is 5.91 Å². The quantitative estimate of drug-likeness (QED) is 0.927. The number of sulfone groups is 1. The maximum absolute atomic E-state index is 12.5. The summed E-state index contributed by atoms with van der Waals surface area (Å²) in [5.41, 5.74) is 2.92. The number of aryl methyl sites for hydroxylation is 1. The lowest BCUT2D eigenvalue weighted by atomic mass is 10.0. The highest BCUT2D eigenvalue weighted by Gasteiger charge is 2.15. The first-order chi connectivity index (χ1) is 10.7. The molecular formula is C18H21NO3S. The number of hydrogen-bond acceptors (Lipinski definition) is 3. The van der Waals surface area contributed by atoms with Crippen molar-refractivity contribution in [1.82, 2.24) is 0 Å². The van der Waals surface area contributed by atoms with E-state index in [0.717, 1.165) is 17.4 Å². The molecule has 1 amide bonds. The van der Waals surface area contributed by atoms with Crippen LogP contribution in [0.15, 0.2) is 47.4 Å². The summed E-state index contributed by atoms with van der Waals surface area (Å²) in [5, 5.41) is 2.84. The summed E-state index contributed by atoms with van der Waals surface area (Å²) < 4.78 is 23.3. The van der Waals surface area contributed by atoms with E-state index in [1.165, 1.54) is 12.1 Å². The van der Waals surface area contributed by atoms with Crippen molar-refractivity contribution >= 4 is 21.4 Å². The van der Waals surface area contributed by atoms with Gasteiger partial charge >= 0.3 is 0 Å². The Morgan fingerprint density at radius 3 is 2.39 bits per heavy atom. The van der Waals surface area contributed by atoms with Crippen LogP contribution in [-0.2, 0) is 9.84 Å². The molecule has 2 aromatic carbocycles. The lowest BCUT2D eigenvalue weighted by Crippen LogP contribution is -2.14. The van der Waals surface area contributed by atoms with Crippen molar-refractivity contribution in [1.29, 1.82) is 0 Å². The van der Waals surface area contributed by atoms with Gasteiger partial charge in [0.15, 0.2) is 9.84 Å². The van der Waals surface area contributed by atoms with Crippen molar-refractivity contribution in [2.45, 2.75) is 31.6 Å². The average molecular weight is 331 g/mol. The third-order valence-electron chi connectivity index (χ3n) is 3.69. The van der Waals surface area contributed by atoms with Crippen LogP contribution in [0.4, 0.5) is 5.69 Å². The van der Waals surface area contributed by atoms with Gasteiger partial charge in [-0.15, -0.1) is 0 Å². The number of carbonyl (C=O) groups is 1. The Bertz CT molecular complexity index is 839. The van der Waals surface area contributed by atoms with Crippen molar-refractivity contribution < 1.29 is 13.2 Å². The second-order valence-electron chi connectivity index (χ2n) is 5.98. The number of amides is 1. The molecule has 122 valence electrons. The fraction of sp³-hybridized carbons (Fsp3) is 0.278. The van der Waals surface area contributed by atoms with Crippen LogP contribution in [0.1, 0.15) is 41.3 Å². The van der Waals surface area contributed by atoms with Gasteiger partial charge in [0.1, 0.15) is 0 Å². The van der Waals surface area contributed by atoms with Gasteiger partial charge in [-0.25, -0.2) is 8.42 Å². The molecule has 23 heavy (non-hydrogen) atoms. The molecule has 0 aromatic heterocycles. The first-order valence-corrected chi connectivity index (χ1v) is 9.29. The van der Waals surface area contributed by atoms with E-state index < -0.39 is 9.84 Å². The van der Waals surface area contributed by atoms with E-state index in [2.05, 4.69) is 19.2 Å². The second kappa shape index (κ2) is 6.54. The van der Waals surface area contributed by atoms with Crippen LogP contribution in [0, 0.1) is 6.92 Å². The lowest BCUT2D eigenvalue weighted by Gasteiger charge is -2.11. The van der Waals surface area contributed by atoms with Crippen LogP contribution in [0.5, 0.6) is 0 Å². The van der Waals surface area contributed by atoms with E-state index >= 15 is 0 Å². The zero-order valence-corrected chi connectivity index (χ0v) is 14.6. The molecule has 0 aliphatic carbocycles. The fourth-order valence-corrected chi connectivity index (χ4v) is 2.90. The maximum Gasteiger partial charge on any atom is 0.255 e. The van der Waals surface area contributed by atoms with Crippen LogP contribution in [-0.4, -0.2) is 20.6 Å². The van der Waals surface area contributed by atoms with Crippen molar-refractivity contribution in [2.24, 2.45) is 0 Å². The highest BCUT2D eigenvalue weighted by atomic mass is 32.2. The monoisotopic (exact) mass is 331 g/mol. The first kappa shape index (κ1) is 17.2. The molecule has 0 unspecified atom stereocenters. The molecule has 0 aliphatic heterocycles. The van der Waals surface area contributed by atoms with Gasteiger partial charge in [0.2, 0.25) is 0 Å². The molecule has 0 aliphatic rings. The third kappa shape index (κ3) is 4.20. The molecule has 5 heteroatoms. The van der Waals surface area contributed by atoms with E-state index in [1.54, 1.807) is 13.0 Å². The molecule has 1 N–H and O–H groups in total. The average Bonchev–Trinajstić information content (AvgIpc) is 2.46. The Kier molecular flexibility index (Phi) is 4.90. The molecule has 0 saturated heterocycles. The van der Waals surface area contributed by atoms with Crippen molar-refractivity contribution in [3.8, 4) is 0 Å². The number of benzene rings is 2. The second-order valence-corrected chi connectivity index (χ2v) is 8.00. The van der Waals surface area contributed by atoms with Crippen molar-refractivity contribution in [2.75, 3.05) is 11.6 Å². The SMILES string of the molecule is Cc1ccc(S(C)(=O)=O)cc1C(=O)Nc1cccc(C(C)C)c1. The predicted molar refractivity (Wildman–Crippen MR) is 92.8 cm³/mol. The summed E-state index contributed by atoms with van der Waals surface area (Å²) in [6.07, 6.45) is 1.13. The number of anilines is 1. The smallest absolute Gasteiger partial charge is 0.255 e. The van der Waals surface area contributed by atoms with Crippen LogP contribution in [0.2, 0.25) is 0 Å². The minimum Gasteiger partial charge on any atom is -0.322 e. The Morgan fingerprint density at radius 1 is 1.09 bits per heavy atom. The summed E-state index contributed by atoms with van der Waals surface area (Å²) in [4.78, 5) is 12.6. The molecule has 0 heterocycles. The number of rotatable bonds is 4. The van der Waals surface area contributed by atoms with Crippen LogP contribution < -0.4 is 5.32 Å². The van der Waals surface area contributed by atoms with Gasteiger partial charge in [0.05, 0.1) is 4.90 Å². The minimum atomic E-state index is -3.35. The molecule has 0 atom stereocenters. The van der Waals surface area contributed by atoms with Gasteiger partial charge in [0, 0.05) is 17.5 Å². The standard InChI is InChI=1S/C18H21NO3S/c1-12(2)14-6-5-7-15(10-14)19-18(20)17-11-16(23(4,21)22)9-8-13(17)3/h5-12H,1-4H3,(H,19,20). The number of carbonyl (C=O) groups excluding carboxylic acids is 1.